The van der Waals surface area contributed by atoms with Crippen LogP contribution in [0, 0.1) is 11.8 Å². The van der Waals surface area contributed by atoms with Gasteiger partial charge in [0.25, 0.3) is 0 Å². The van der Waals surface area contributed by atoms with Gasteiger partial charge in [-0.05, 0) is 89.3 Å². The van der Waals surface area contributed by atoms with Crippen LogP contribution in [0.1, 0.15) is 77.0 Å². The number of hydrogen-bond acceptors (Lipinski definition) is 5. The molecule has 172 valence electrons. The number of likely N-dealkylation sites (tertiary alicyclic amines) is 1. The van der Waals surface area contributed by atoms with Crippen molar-refractivity contribution >= 4 is 12.1 Å². The molecule has 1 N–H and O–H groups in total. The van der Waals surface area contributed by atoms with Gasteiger partial charge in [-0.2, -0.15) is 0 Å². The minimum atomic E-state index is -0.576. The van der Waals surface area contributed by atoms with Crippen molar-refractivity contribution in [1.29, 1.82) is 0 Å². The van der Waals surface area contributed by atoms with Crippen LogP contribution < -0.4 is 0 Å². The van der Waals surface area contributed by atoms with E-state index in [1.54, 1.807) is 4.90 Å². The Bertz CT molecular complexity index is 820. The third kappa shape index (κ3) is 5.59. The van der Waals surface area contributed by atoms with Gasteiger partial charge in [0.1, 0.15) is 11.2 Å². The molecule has 3 atom stereocenters. The summed E-state index contributed by atoms with van der Waals surface area (Å²) in [6.07, 6.45) is 2.11. The molecule has 0 saturated carbocycles. The fourth-order valence-corrected chi connectivity index (χ4v) is 4.91. The predicted molar refractivity (Wildman–Crippen MR) is 119 cm³/mol. The van der Waals surface area contributed by atoms with Crippen LogP contribution in [0.3, 0.4) is 0 Å². The number of benzene rings is 1. The molecule has 1 aromatic carbocycles. The number of esters is 1. The number of hydrogen-bond donors (Lipinski definition) is 1. The molecular weight excluding hydrogens is 394 g/mol. The average molecular weight is 432 g/mol. The first-order valence-electron chi connectivity index (χ1n) is 11.3. The number of rotatable bonds is 4. The summed E-state index contributed by atoms with van der Waals surface area (Å²) in [6.45, 7) is 12.3. The lowest BCUT2D eigenvalue weighted by molar-refractivity contribution is -0.163. The van der Waals surface area contributed by atoms with Gasteiger partial charge >= 0.3 is 12.1 Å². The smallest absolute Gasteiger partial charge is 0.410 e. The van der Waals surface area contributed by atoms with Crippen LogP contribution in [-0.4, -0.2) is 46.4 Å². The Morgan fingerprint density at radius 1 is 1.10 bits per heavy atom. The maximum atomic E-state index is 13.4. The van der Waals surface area contributed by atoms with Crippen molar-refractivity contribution < 1.29 is 24.2 Å². The van der Waals surface area contributed by atoms with E-state index in [0.29, 0.717) is 13.1 Å². The van der Waals surface area contributed by atoms with E-state index in [9.17, 15) is 14.7 Å². The van der Waals surface area contributed by atoms with Crippen molar-refractivity contribution in [2.24, 2.45) is 11.8 Å². The fraction of sp³-hybridized carbons (Fsp3) is 0.680. The van der Waals surface area contributed by atoms with Gasteiger partial charge in [-0.1, -0.05) is 18.2 Å². The Balaban J connectivity index is 1.86. The summed E-state index contributed by atoms with van der Waals surface area (Å²) >= 11 is 0. The van der Waals surface area contributed by atoms with Gasteiger partial charge in [-0.25, -0.2) is 4.79 Å². The van der Waals surface area contributed by atoms with Crippen LogP contribution in [0.4, 0.5) is 4.79 Å². The van der Waals surface area contributed by atoms with E-state index < -0.39 is 11.2 Å². The Labute approximate surface area is 185 Å². The molecule has 1 amide bonds. The van der Waals surface area contributed by atoms with Gasteiger partial charge in [-0.3, -0.25) is 4.79 Å². The lowest BCUT2D eigenvalue weighted by Gasteiger charge is -2.31. The van der Waals surface area contributed by atoms with Crippen molar-refractivity contribution in [3.05, 3.63) is 34.9 Å². The molecule has 2 aliphatic rings. The summed E-state index contributed by atoms with van der Waals surface area (Å²) in [5, 5.41) is 9.74. The number of aliphatic hydroxyl groups is 1. The summed E-state index contributed by atoms with van der Waals surface area (Å²) in [5.74, 6) is -0.492. The zero-order chi connectivity index (χ0) is 23.0. The van der Waals surface area contributed by atoms with Gasteiger partial charge in [0.05, 0.1) is 12.5 Å². The molecule has 6 heteroatoms. The third-order valence-corrected chi connectivity index (χ3v) is 6.08. The Morgan fingerprint density at radius 3 is 2.39 bits per heavy atom. The zero-order valence-electron chi connectivity index (χ0n) is 19.7. The molecule has 1 saturated heterocycles. The third-order valence-electron chi connectivity index (χ3n) is 6.08. The lowest BCUT2D eigenvalue weighted by Crippen LogP contribution is -2.39. The van der Waals surface area contributed by atoms with Crippen LogP contribution in [0.5, 0.6) is 0 Å². The number of amides is 1. The number of fused-ring (bicyclic) bond motifs is 1. The highest BCUT2D eigenvalue weighted by Crippen LogP contribution is 2.45. The Kier molecular flexibility index (Phi) is 6.70. The van der Waals surface area contributed by atoms with Gasteiger partial charge in [0.2, 0.25) is 0 Å². The molecule has 6 nitrogen and oxygen atoms in total. The highest BCUT2D eigenvalue weighted by molar-refractivity contribution is 5.76. The topological polar surface area (TPSA) is 76.1 Å². The molecule has 1 aromatic rings. The second-order valence-corrected chi connectivity index (χ2v) is 10.8. The first-order chi connectivity index (χ1) is 14.4. The van der Waals surface area contributed by atoms with Gasteiger partial charge in [0.15, 0.2) is 0 Å². The number of carbonyl (C=O) groups excluding carboxylic acids is 2. The van der Waals surface area contributed by atoms with E-state index in [4.69, 9.17) is 9.47 Å². The minimum absolute atomic E-state index is 0.00283. The van der Waals surface area contributed by atoms with E-state index in [2.05, 4.69) is 6.07 Å². The number of ether oxygens (including phenoxy) is 2. The second-order valence-electron chi connectivity index (χ2n) is 10.8. The van der Waals surface area contributed by atoms with E-state index in [-0.39, 0.29) is 36.4 Å². The molecule has 1 aliphatic heterocycles. The molecule has 0 aromatic heterocycles. The van der Waals surface area contributed by atoms with E-state index in [0.717, 1.165) is 36.0 Å². The monoisotopic (exact) mass is 431 g/mol. The second kappa shape index (κ2) is 8.81. The normalized spacial score (nSPS) is 22.2. The summed E-state index contributed by atoms with van der Waals surface area (Å²) in [4.78, 5) is 27.7. The van der Waals surface area contributed by atoms with Crippen LogP contribution in [0.15, 0.2) is 18.2 Å². The molecule has 0 radical (unpaired) electrons. The highest BCUT2D eigenvalue weighted by Gasteiger charge is 2.45. The molecular formula is C25H37NO5. The molecule has 31 heavy (non-hydrogen) atoms. The van der Waals surface area contributed by atoms with Gasteiger partial charge in [-0.15, -0.1) is 0 Å². The van der Waals surface area contributed by atoms with Gasteiger partial charge in [0, 0.05) is 13.1 Å². The van der Waals surface area contributed by atoms with E-state index in [1.165, 1.54) is 0 Å². The summed E-state index contributed by atoms with van der Waals surface area (Å²) in [6, 6.07) is 5.98. The van der Waals surface area contributed by atoms with Crippen molar-refractivity contribution in [3.8, 4) is 0 Å². The molecule has 0 spiro atoms. The first kappa shape index (κ1) is 23.6. The lowest BCUT2D eigenvalue weighted by atomic mass is 9.77. The van der Waals surface area contributed by atoms with Crippen LogP contribution in [0.25, 0.3) is 0 Å². The average Bonchev–Trinajstić information content (AvgIpc) is 3.27. The molecule has 1 fully saturated rings. The number of nitrogens with zero attached hydrogens (tertiary/aromatic N) is 1. The summed E-state index contributed by atoms with van der Waals surface area (Å²) in [7, 11) is 0. The predicted octanol–water partition coefficient (Wildman–Crippen LogP) is 4.42. The minimum Gasteiger partial charge on any atom is -0.460 e. The Hall–Kier alpha value is -2.08. The standard InChI is InChI=1S/C25H37NO5/c1-24(2,3)30-22(28)21(16-12-13-26(14-16)23(29)31-25(4,5)6)20-11-10-18-17(15-27)8-7-9-19(18)20/h7-9,16,20-21,27H,10-15H2,1-6H3/t16-,20?,21?/m0/s1. The van der Waals surface area contributed by atoms with Gasteiger partial charge < -0.3 is 19.5 Å². The van der Waals surface area contributed by atoms with Crippen LogP contribution >= 0.6 is 0 Å². The molecule has 2 unspecified atom stereocenters. The van der Waals surface area contributed by atoms with Crippen molar-refractivity contribution in [1.82, 2.24) is 4.90 Å². The molecule has 1 aliphatic carbocycles. The fourth-order valence-electron chi connectivity index (χ4n) is 4.91. The van der Waals surface area contributed by atoms with Crippen LogP contribution in [0.2, 0.25) is 0 Å². The largest absolute Gasteiger partial charge is 0.460 e. The molecule has 0 bridgehead atoms. The maximum Gasteiger partial charge on any atom is 0.410 e. The maximum absolute atomic E-state index is 13.4. The molecule has 3 rings (SSSR count). The van der Waals surface area contributed by atoms with Crippen molar-refractivity contribution in [2.45, 2.75) is 84.5 Å². The first-order valence-corrected chi connectivity index (χ1v) is 11.3. The SMILES string of the molecule is CC(C)(C)OC(=O)C(C1CCc2c(CO)cccc21)[C@H]1CCN(C(=O)OC(C)(C)C)C1. The number of aliphatic hydroxyl groups excluding tert-OH is 1. The highest BCUT2D eigenvalue weighted by atomic mass is 16.6. The van der Waals surface area contributed by atoms with Crippen molar-refractivity contribution in [3.63, 3.8) is 0 Å². The summed E-state index contributed by atoms with van der Waals surface area (Å²) in [5.41, 5.74) is 2.10. The Morgan fingerprint density at radius 2 is 1.77 bits per heavy atom. The van der Waals surface area contributed by atoms with Crippen molar-refractivity contribution in [2.75, 3.05) is 13.1 Å². The quantitative estimate of drug-likeness (QED) is 0.714. The zero-order valence-corrected chi connectivity index (χ0v) is 19.7. The van der Waals surface area contributed by atoms with E-state index >= 15 is 0 Å². The summed E-state index contributed by atoms with van der Waals surface area (Å²) < 4.78 is 11.4. The van der Waals surface area contributed by atoms with Crippen LogP contribution in [-0.2, 0) is 27.3 Å². The number of carbonyl (C=O) groups is 2. The molecule has 1 heterocycles. The van der Waals surface area contributed by atoms with E-state index in [1.807, 2.05) is 53.7 Å².